The van der Waals surface area contributed by atoms with Gasteiger partial charge in [-0.05, 0) is 36.8 Å². The number of rotatable bonds is 4. The predicted octanol–water partition coefficient (Wildman–Crippen LogP) is 2.66. The van der Waals surface area contributed by atoms with Crippen LogP contribution in [0.4, 0.5) is 11.5 Å². The highest BCUT2D eigenvalue weighted by Gasteiger charge is 2.34. The summed E-state index contributed by atoms with van der Waals surface area (Å²) in [6.45, 7) is 3.32. The van der Waals surface area contributed by atoms with Crippen LogP contribution in [0.15, 0.2) is 18.3 Å². The number of hydrogen-bond acceptors (Lipinski definition) is 3. The zero-order valence-corrected chi connectivity index (χ0v) is 9.29. The molecule has 82 valence electrons. The molecule has 1 aromatic heterocycles. The number of nitrogens with zero attached hydrogens (tertiary/aromatic N) is 1. The third kappa shape index (κ3) is 2.22. The summed E-state index contributed by atoms with van der Waals surface area (Å²) in [5, 5.41) is 3.40. The maximum Gasteiger partial charge on any atom is 0.126 e. The van der Waals surface area contributed by atoms with Crippen LogP contribution in [-0.4, -0.2) is 11.5 Å². The van der Waals surface area contributed by atoms with Crippen molar-refractivity contribution in [3.05, 3.63) is 18.3 Å². The maximum atomic E-state index is 5.58. The molecule has 3 N–H and O–H groups in total. The molecule has 0 spiro atoms. The fourth-order valence-electron chi connectivity index (χ4n) is 2.12. The molecule has 0 saturated heterocycles. The van der Waals surface area contributed by atoms with Crippen molar-refractivity contribution in [3.8, 4) is 0 Å². The number of hydrogen-bond donors (Lipinski definition) is 2. The van der Waals surface area contributed by atoms with Gasteiger partial charge in [0.25, 0.3) is 0 Å². The van der Waals surface area contributed by atoms with E-state index in [0.29, 0.717) is 5.41 Å². The van der Waals surface area contributed by atoms with Crippen molar-refractivity contribution in [1.82, 2.24) is 4.98 Å². The van der Waals surface area contributed by atoms with Crippen LogP contribution in [0.3, 0.4) is 0 Å². The van der Waals surface area contributed by atoms with E-state index < -0.39 is 0 Å². The van der Waals surface area contributed by atoms with Crippen molar-refractivity contribution in [2.45, 2.75) is 32.6 Å². The first-order valence-corrected chi connectivity index (χ1v) is 5.69. The van der Waals surface area contributed by atoms with Gasteiger partial charge < -0.3 is 11.1 Å². The molecule has 1 heterocycles. The minimum absolute atomic E-state index is 0.531. The van der Waals surface area contributed by atoms with Gasteiger partial charge in [-0.25, -0.2) is 4.98 Å². The van der Waals surface area contributed by atoms with Crippen LogP contribution in [0.1, 0.15) is 32.6 Å². The van der Waals surface area contributed by atoms with E-state index in [1.807, 2.05) is 12.1 Å². The lowest BCUT2D eigenvalue weighted by Gasteiger charge is -2.41. The highest BCUT2D eigenvalue weighted by Crippen LogP contribution is 2.43. The summed E-state index contributed by atoms with van der Waals surface area (Å²) in [6, 6.07) is 3.83. The van der Waals surface area contributed by atoms with Crippen molar-refractivity contribution >= 4 is 11.5 Å². The highest BCUT2D eigenvalue weighted by atomic mass is 15.0. The van der Waals surface area contributed by atoms with E-state index in [2.05, 4.69) is 17.2 Å². The molecule has 0 radical (unpaired) electrons. The van der Waals surface area contributed by atoms with E-state index >= 15 is 0 Å². The summed E-state index contributed by atoms with van der Waals surface area (Å²) in [4.78, 5) is 4.24. The molecule has 1 fully saturated rings. The summed E-state index contributed by atoms with van der Waals surface area (Å²) in [5.74, 6) is 0.934. The highest BCUT2D eigenvalue weighted by molar-refractivity contribution is 5.43. The van der Waals surface area contributed by atoms with Gasteiger partial charge in [0.2, 0.25) is 0 Å². The van der Waals surface area contributed by atoms with Crippen LogP contribution >= 0.6 is 0 Å². The van der Waals surface area contributed by atoms with Crippen molar-refractivity contribution in [3.63, 3.8) is 0 Å². The van der Waals surface area contributed by atoms with Crippen LogP contribution in [0.5, 0.6) is 0 Å². The van der Waals surface area contributed by atoms with Gasteiger partial charge in [-0.15, -0.1) is 0 Å². The van der Waals surface area contributed by atoms with Crippen LogP contribution in [-0.2, 0) is 0 Å². The Kier molecular flexibility index (Phi) is 2.80. The second-order valence-corrected chi connectivity index (χ2v) is 4.54. The predicted molar refractivity (Wildman–Crippen MR) is 63.7 cm³/mol. The largest absolute Gasteiger partial charge is 0.397 e. The minimum atomic E-state index is 0.531. The van der Waals surface area contributed by atoms with Crippen LogP contribution in [0.25, 0.3) is 0 Å². The molecular weight excluding hydrogens is 186 g/mol. The van der Waals surface area contributed by atoms with E-state index in [9.17, 15) is 0 Å². The van der Waals surface area contributed by atoms with Gasteiger partial charge in [-0.2, -0.15) is 0 Å². The fourth-order valence-corrected chi connectivity index (χ4v) is 2.12. The lowest BCUT2D eigenvalue weighted by molar-refractivity contribution is 0.145. The number of nitrogens with one attached hydrogen (secondary N) is 1. The van der Waals surface area contributed by atoms with Crippen LogP contribution in [0, 0.1) is 5.41 Å². The third-order valence-electron chi connectivity index (χ3n) is 3.60. The average molecular weight is 205 g/mol. The molecule has 0 amide bonds. The molecule has 0 aliphatic heterocycles. The second kappa shape index (κ2) is 4.09. The summed E-state index contributed by atoms with van der Waals surface area (Å²) in [7, 11) is 0. The first-order chi connectivity index (χ1) is 7.24. The molecular formula is C12H19N3. The van der Waals surface area contributed by atoms with Gasteiger partial charge in [0.05, 0.1) is 11.9 Å². The molecule has 1 aliphatic carbocycles. The van der Waals surface area contributed by atoms with Gasteiger partial charge in [0.1, 0.15) is 5.82 Å². The molecule has 3 nitrogen and oxygen atoms in total. The van der Waals surface area contributed by atoms with Crippen molar-refractivity contribution in [1.29, 1.82) is 0 Å². The summed E-state index contributed by atoms with van der Waals surface area (Å²) < 4.78 is 0. The fraction of sp³-hybridized carbons (Fsp3) is 0.583. The quantitative estimate of drug-likeness (QED) is 0.794. The maximum absolute atomic E-state index is 5.58. The smallest absolute Gasteiger partial charge is 0.126 e. The zero-order valence-electron chi connectivity index (χ0n) is 9.29. The minimum Gasteiger partial charge on any atom is -0.397 e. The lowest BCUT2D eigenvalue weighted by atomic mass is 9.67. The molecule has 0 unspecified atom stereocenters. The monoisotopic (exact) mass is 205 g/mol. The van der Waals surface area contributed by atoms with Gasteiger partial charge >= 0.3 is 0 Å². The zero-order chi connectivity index (χ0) is 10.7. The first kappa shape index (κ1) is 10.3. The topological polar surface area (TPSA) is 50.9 Å². The van der Waals surface area contributed by atoms with Crippen molar-refractivity contribution in [2.24, 2.45) is 5.41 Å². The number of nitrogens with two attached hydrogens (primary N) is 1. The summed E-state index contributed by atoms with van der Waals surface area (Å²) >= 11 is 0. The Labute approximate surface area is 91.1 Å². The number of aromatic nitrogens is 1. The Balaban J connectivity index is 1.90. The van der Waals surface area contributed by atoms with Gasteiger partial charge in [-0.3, -0.25) is 0 Å². The molecule has 3 heteroatoms. The Morgan fingerprint density at radius 2 is 2.27 bits per heavy atom. The standard InChI is InChI=1S/C12H19N3/c1-2-12(6-3-7-12)9-15-11-5-4-10(13)8-14-11/h4-5,8H,2-3,6-7,9,13H2,1H3,(H,14,15). The second-order valence-electron chi connectivity index (χ2n) is 4.54. The molecule has 0 atom stereocenters. The Morgan fingerprint density at radius 1 is 1.47 bits per heavy atom. The van der Waals surface area contributed by atoms with E-state index in [0.717, 1.165) is 18.1 Å². The van der Waals surface area contributed by atoms with Crippen molar-refractivity contribution < 1.29 is 0 Å². The molecule has 2 rings (SSSR count). The molecule has 0 bridgehead atoms. The SMILES string of the molecule is CCC1(CNc2ccc(N)cn2)CCC1. The van der Waals surface area contributed by atoms with E-state index in [-0.39, 0.29) is 0 Å². The Bertz CT molecular complexity index is 309. The van der Waals surface area contributed by atoms with Crippen LogP contribution < -0.4 is 11.1 Å². The van der Waals surface area contributed by atoms with E-state index in [4.69, 9.17) is 5.73 Å². The molecule has 15 heavy (non-hydrogen) atoms. The third-order valence-corrected chi connectivity index (χ3v) is 3.60. The Morgan fingerprint density at radius 3 is 2.73 bits per heavy atom. The summed E-state index contributed by atoms with van der Waals surface area (Å²) in [5.41, 5.74) is 6.83. The summed E-state index contributed by atoms with van der Waals surface area (Å²) in [6.07, 6.45) is 7.04. The molecule has 1 aliphatic rings. The van der Waals surface area contributed by atoms with E-state index in [1.54, 1.807) is 6.20 Å². The van der Waals surface area contributed by atoms with E-state index in [1.165, 1.54) is 25.7 Å². The van der Waals surface area contributed by atoms with Gasteiger partial charge in [0.15, 0.2) is 0 Å². The molecule has 1 saturated carbocycles. The molecule has 0 aromatic carbocycles. The van der Waals surface area contributed by atoms with Gasteiger partial charge in [0, 0.05) is 6.54 Å². The van der Waals surface area contributed by atoms with Gasteiger partial charge in [-0.1, -0.05) is 13.3 Å². The Hall–Kier alpha value is -1.25. The normalized spacial score (nSPS) is 18.2. The number of anilines is 2. The number of pyridine rings is 1. The average Bonchev–Trinajstić information content (AvgIpc) is 2.20. The van der Waals surface area contributed by atoms with Crippen LogP contribution in [0.2, 0.25) is 0 Å². The van der Waals surface area contributed by atoms with Crippen molar-refractivity contribution in [2.75, 3.05) is 17.6 Å². The lowest BCUT2D eigenvalue weighted by Crippen LogP contribution is -2.36. The number of nitrogen functional groups attached to an aromatic ring is 1. The molecule has 1 aromatic rings. The first-order valence-electron chi connectivity index (χ1n) is 5.69.